The summed E-state index contributed by atoms with van der Waals surface area (Å²) in [5, 5.41) is 5.62. The minimum Gasteiger partial charge on any atom is -0.379 e. The van der Waals surface area contributed by atoms with Crippen LogP contribution < -0.4 is 16.4 Å². The summed E-state index contributed by atoms with van der Waals surface area (Å²) in [5.41, 5.74) is 3.85. The fraction of sp³-hybridized carbons (Fsp3) is 0.353. The highest BCUT2D eigenvalue weighted by atomic mass is 19.4. The number of hydrogen-bond donors (Lipinski definition) is 3. The first-order valence-electron chi connectivity index (χ1n) is 7.88. The molecule has 0 spiro atoms. The molecule has 1 saturated carbocycles. The second kappa shape index (κ2) is 6.34. The van der Waals surface area contributed by atoms with E-state index in [9.17, 15) is 18.0 Å². The first-order valence-corrected chi connectivity index (χ1v) is 7.88. The average molecular weight is 352 g/mol. The highest BCUT2D eigenvalue weighted by molar-refractivity contribution is 5.74. The van der Waals surface area contributed by atoms with E-state index in [1.807, 2.05) is 29.3 Å². The summed E-state index contributed by atoms with van der Waals surface area (Å²) >= 11 is 0. The van der Waals surface area contributed by atoms with Gasteiger partial charge >= 0.3 is 12.2 Å². The normalized spacial score (nSPS) is 24.9. The van der Waals surface area contributed by atoms with Gasteiger partial charge in [0, 0.05) is 18.8 Å². The highest BCUT2D eigenvalue weighted by Gasteiger charge is 2.56. The van der Waals surface area contributed by atoms with Gasteiger partial charge in [0.05, 0.1) is 17.1 Å². The number of carbonyl (C=O) groups is 1. The summed E-state index contributed by atoms with van der Waals surface area (Å²) in [5.74, 6) is 0. The predicted octanol–water partition coefficient (Wildman–Crippen LogP) is 2.68. The van der Waals surface area contributed by atoms with E-state index in [1.54, 1.807) is 6.07 Å². The molecule has 1 aliphatic carbocycles. The van der Waals surface area contributed by atoms with E-state index < -0.39 is 23.3 Å². The third kappa shape index (κ3) is 3.89. The first-order chi connectivity index (χ1) is 11.8. The van der Waals surface area contributed by atoms with Crippen LogP contribution in [0.3, 0.4) is 0 Å². The van der Waals surface area contributed by atoms with Gasteiger partial charge in [-0.3, -0.25) is 0 Å². The number of nitrogens with two attached hydrogens (primary N) is 1. The highest BCUT2D eigenvalue weighted by Crippen LogP contribution is 2.42. The molecular formula is C17H19F3N4O. The van der Waals surface area contributed by atoms with Crippen LogP contribution in [0.2, 0.25) is 0 Å². The van der Waals surface area contributed by atoms with Crippen molar-refractivity contribution in [2.24, 2.45) is 5.73 Å². The Hall–Kier alpha value is -2.64. The maximum Gasteiger partial charge on any atom is 0.418 e. The Balaban J connectivity index is 1.76. The van der Waals surface area contributed by atoms with Crippen molar-refractivity contribution in [1.29, 1.82) is 0 Å². The summed E-state index contributed by atoms with van der Waals surface area (Å²) in [6, 6.07) is 4.29. The van der Waals surface area contributed by atoms with Gasteiger partial charge in [-0.15, -0.1) is 0 Å². The van der Waals surface area contributed by atoms with E-state index in [0.29, 0.717) is 19.5 Å². The molecule has 134 valence electrons. The lowest BCUT2D eigenvalue weighted by atomic mass is 10.1. The van der Waals surface area contributed by atoms with Crippen LogP contribution in [0.1, 0.15) is 12.0 Å². The van der Waals surface area contributed by atoms with Crippen molar-refractivity contribution in [3.05, 3.63) is 54.3 Å². The number of carbonyl (C=O) groups excluding carboxylic acids is 1. The number of nitrogens with zero attached hydrogens (tertiary/aromatic N) is 1. The summed E-state index contributed by atoms with van der Waals surface area (Å²) in [4.78, 5) is 13.4. The second-order valence-corrected chi connectivity index (χ2v) is 6.29. The Morgan fingerprint density at radius 2 is 2.08 bits per heavy atom. The molecule has 1 aromatic carbocycles. The standard InChI is InChI=1S/C17H19F3N4O/c18-17(19,20)12-6-2-3-7-13(12)22-14-10-16(14,23-15(21)25)11-24-8-4-1-5-9-24/h1-8,14,22H,9-11H2,(H3,21,23,25). The maximum atomic E-state index is 13.1. The van der Waals surface area contributed by atoms with Crippen molar-refractivity contribution < 1.29 is 18.0 Å². The molecule has 4 N–H and O–H groups in total. The average Bonchev–Trinajstić information content (AvgIpc) is 3.18. The number of hydrogen-bond acceptors (Lipinski definition) is 3. The van der Waals surface area contributed by atoms with Crippen LogP contribution in [0.15, 0.2) is 48.7 Å². The van der Waals surface area contributed by atoms with E-state index >= 15 is 0 Å². The zero-order valence-electron chi connectivity index (χ0n) is 13.4. The van der Waals surface area contributed by atoms with Crippen molar-refractivity contribution in [3.63, 3.8) is 0 Å². The van der Waals surface area contributed by atoms with Gasteiger partial charge in [0.15, 0.2) is 0 Å². The molecule has 1 fully saturated rings. The maximum absolute atomic E-state index is 13.1. The molecular weight excluding hydrogens is 333 g/mol. The van der Waals surface area contributed by atoms with Crippen LogP contribution in [-0.2, 0) is 6.18 Å². The van der Waals surface area contributed by atoms with Crippen molar-refractivity contribution in [2.45, 2.75) is 24.2 Å². The number of primary amides is 1. The van der Waals surface area contributed by atoms with E-state index in [-0.39, 0.29) is 11.7 Å². The fourth-order valence-electron chi connectivity index (χ4n) is 3.12. The number of nitrogens with one attached hydrogen (secondary N) is 2. The number of urea groups is 1. The summed E-state index contributed by atoms with van der Waals surface area (Å²) in [6.07, 6.45) is 3.66. The van der Waals surface area contributed by atoms with Gasteiger partial charge in [-0.05, 0) is 30.8 Å². The van der Waals surface area contributed by atoms with Gasteiger partial charge in [-0.25, -0.2) is 4.79 Å². The molecule has 2 atom stereocenters. The smallest absolute Gasteiger partial charge is 0.379 e. The van der Waals surface area contributed by atoms with Crippen LogP contribution in [-0.4, -0.2) is 35.6 Å². The fourth-order valence-corrected chi connectivity index (χ4v) is 3.12. The van der Waals surface area contributed by atoms with Crippen LogP contribution in [0, 0.1) is 0 Å². The lowest BCUT2D eigenvalue weighted by Gasteiger charge is -2.28. The SMILES string of the molecule is NC(=O)NC1(CN2C=CC=CC2)CC1Nc1ccccc1C(F)(F)F. The van der Waals surface area contributed by atoms with Gasteiger partial charge in [-0.2, -0.15) is 13.2 Å². The Labute approximate surface area is 143 Å². The molecule has 1 heterocycles. The van der Waals surface area contributed by atoms with Crippen molar-refractivity contribution in [3.8, 4) is 0 Å². The minimum atomic E-state index is -4.45. The molecule has 2 amide bonds. The van der Waals surface area contributed by atoms with Crippen molar-refractivity contribution in [1.82, 2.24) is 10.2 Å². The van der Waals surface area contributed by atoms with Gasteiger partial charge in [0.25, 0.3) is 0 Å². The molecule has 8 heteroatoms. The number of rotatable bonds is 5. The van der Waals surface area contributed by atoms with Crippen LogP contribution in [0.4, 0.5) is 23.7 Å². The van der Waals surface area contributed by atoms with Gasteiger partial charge in [0.2, 0.25) is 0 Å². The molecule has 0 saturated heterocycles. The number of halogens is 3. The molecule has 25 heavy (non-hydrogen) atoms. The molecule has 1 aliphatic heterocycles. The molecule has 2 aliphatic rings. The quantitative estimate of drug-likeness (QED) is 0.763. The third-order valence-corrected chi connectivity index (χ3v) is 4.38. The summed E-state index contributed by atoms with van der Waals surface area (Å²) in [7, 11) is 0. The van der Waals surface area contributed by atoms with Crippen molar-refractivity contribution >= 4 is 11.7 Å². The molecule has 2 unspecified atom stereocenters. The monoisotopic (exact) mass is 352 g/mol. The van der Waals surface area contributed by atoms with Crippen molar-refractivity contribution in [2.75, 3.05) is 18.4 Å². The van der Waals surface area contributed by atoms with Crippen LogP contribution >= 0.6 is 0 Å². The number of para-hydroxylation sites is 1. The predicted molar refractivity (Wildman–Crippen MR) is 88.8 cm³/mol. The second-order valence-electron chi connectivity index (χ2n) is 6.29. The lowest BCUT2D eigenvalue weighted by molar-refractivity contribution is -0.137. The number of alkyl halides is 3. The number of allylic oxidation sites excluding steroid dienone is 2. The number of amides is 2. The summed E-state index contributed by atoms with van der Waals surface area (Å²) < 4.78 is 39.4. The van der Waals surface area contributed by atoms with Crippen LogP contribution in [0.25, 0.3) is 0 Å². The largest absolute Gasteiger partial charge is 0.418 e. The molecule has 3 rings (SSSR count). The van der Waals surface area contributed by atoms with Gasteiger partial charge in [-0.1, -0.05) is 24.3 Å². The Morgan fingerprint density at radius 1 is 1.32 bits per heavy atom. The Morgan fingerprint density at radius 3 is 2.72 bits per heavy atom. The number of benzene rings is 1. The first kappa shape index (κ1) is 17.2. The number of anilines is 1. The van der Waals surface area contributed by atoms with Crippen LogP contribution in [0.5, 0.6) is 0 Å². The van der Waals surface area contributed by atoms with Gasteiger partial charge < -0.3 is 21.3 Å². The van der Waals surface area contributed by atoms with E-state index in [4.69, 9.17) is 5.73 Å². The van der Waals surface area contributed by atoms with Gasteiger partial charge in [0.1, 0.15) is 0 Å². The molecule has 0 aromatic heterocycles. The molecule has 5 nitrogen and oxygen atoms in total. The van der Waals surface area contributed by atoms with E-state index in [0.717, 1.165) is 6.07 Å². The summed E-state index contributed by atoms with van der Waals surface area (Å²) in [6.45, 7) is 1.13. The molecule has 1 aromatic rings. The lowest BCUT2D eigenvalue weighted by Crippen LogP contribution is -2.50. The zero-order chi connectivity index (χ0) is 18.1. The molecule has 0 bridgehead atoms. The zero-order valence-corrected chi connectivity index (χ0v) is 13.4. The van der Waals surface area contributed by atoms with E-state index in [2.05, 4.69) is 10.6 Å². The molecule has 0 radical (unpaired) electrons. The Kier molecular flexibility index (Phi) is 4.36. The topological polar surface area (TPSA) is 70.4 Å². The minimum absolute atomic E-state index is 0.00206. The Bertz CT molecular complexity index is 716. The third-order valence-electron chi connectivity index (χ3n) is 4.38. The van der Waals surface area contributed by atoms with E-state index in [1.165, 1.54) is 12.1 Å².